The Labute approximate surface area is 193 Å². The average Bonchev–Trinajstić information content (AvgIpc) is 2.81. The van der Waals surface area contributed by atoms with E-state index in [-0.39, 0.29) is 6.03 Å². The Kier molecular flexibility index (Phi) is 7.04. The number of carbonyl (C=O) groups excluding carboxylic acids is 1. The lowest BCUT2D eigenvalue weighted by molar-refractivity contribution is 0.194. The van der Waals surface area contributed by atoms with Crippen LogP contribution >= 0.6 is 0 Å². The second-order valence-corrected chi connectivity index (χ2v) is 9.69. The highest BCUT2D eigenvalue weighted by Crippen LogP contribution is 2.32. The highest BCUT2D eigenvalue weighted by atomic mass is 16.2. The number of hydrogen-bond acceptors (Lipinski definition) is 3. The number of piperidine rings is 1. The first-order chi connectivity index (χ1) is 15.4. The number of nitrogens with one attached hydrogen (secondary N) is 1. The molecule has 2 aromatic carbocycles. The minimum Gasteiger partial charge on any atom is -0.367 e. The van der Waals surface area contributed by atoms with Crippen molar-refractivity contribution < 1.29 is 4.79 Å². The number of carbonyl (C=O) groups is 1. The Morgan fingerprint density at radius 2 is 1.56 bits per heavy atom. The van der Waals surface area contributed by atoms with Gasteiger partial charge in [-0.25, -0.2) is 4.79 Å². The molecule has 2 amide bonds. The zero-order valence-corrected chi connectivity index (χ0v) is 20.1. The van der Waals surface area contributed by atoms with Crippen molar-refractivity contribution in [2.24, 2.45) is 0 Å². The van der Waals surface area contributed by atoms with Crippen molar-refractivity contribution in [1.82, 2.24) is 9.80 Å². The van der Waals surface area contributed by atoms with Crippen LogP contribution in [0.25, 0.3) is 0 Å². The fourth-order valence-electron chi connectivity index (χ4n) is 5.00. The molecule has 4 rings (SSSR count). The molecule has 0 bridgehead atoms. The summed E-state index contributed by atoms with van der Waals surface area (Å²) in [7, 11) is 0. The van der Waals surface area contributed by atoms with Crippen LogP contribution in [0.15, 0.2) is 42.5 Å². The van der Waals surface area contributed by atoms with E-state index >= 15 is 0 Å². The summed E-state index contributed by atoms with van der Waals surface area (Å²) in [5.41, 5.74) is 5.94. The molecule has 172 valence electrons. The normalized spacial score (nSPS) is 18.3. The maximum absolute atomic E-state index is 13.2. The van der Waals surface area contributed by atoms with E-state index in [4.69, 9.17) is 0 Å². The molecule has 2 aromatic rings. The summed E-state index contributed by atoms with van der Waals surface area (Å²) in [6.45, 7) is 14.5. The zero-order valence-electron chi connectivity index (χ0n) is 20.1. The number of aryl methyl sites for hydroxylation is 2. The summed E-state index contributed by atoms with van der Waals surface area (Å²) in [4.78, 5) is 20.1. The van der Waals surface area contributed by atoms with E-state index < -0.39 is 0 Å². The van der Waals surface area contributed by atoms with Crippen LogP contribution in [0.1, 0.15) is 49.3 Å². The molecule has 2 aliphatic heterocycles. The van der Waals surface area contributed by atoms with Crippen LogP contribution in [0, 0.1) is 13.8 Å². The third kappa shape index (κ3) is 5.09. The van der Waals surface area contributed by atoms with Gasteiger partial charge in [-0.1, -0.05) is 42.0 Å². The lowest BCUT2D eigenvalue weighted by Crippen LogP contribution is -2.49. The molecule has 5 nitrogen and oxygen atoms in total. The number of piperazine rings is 1. The first-order valence-corrected chi connectivity index (χ1v) is 12.1. The van der Waals surface area contributed by atoms with Crippen LogP contribution in [0.3, 0.4) is 0 Å². The van der Waals surface area contributed by atoms with E-state index in [1.165, 1.54) is 11.1 Å². The fraction of sp³-hybridized carbons (Fsp3) is 0.519. The number of hydrogen-bond donors (Lipinski definition) is 1. The van der Waals surface area contributed by atoms with E-state index in [1.807, 2.05) is 4.90 Å². The van der Waals surface area contributed by atoms with Gasteiger partial charge in [-0.15, -0.1) is 0 Å². The summed E-state index contributed by atoms with van der Waals surface area (Å²) in [6.07, 6.45) is 2.04. The van der Waals surface area contributed by atoms with Crippen molar-refractivity contribution in [3.05, 3.63) is 59.2 Å². The number of para-hydroxylation sites is 1. The summed E-state index contributed by atoms with van der Waals surface area (Å²) >= 11 is 0. The molecular formula is C27H38N4O. The topological polar surface area (TPSA) is 38.8 Å². The standard InChI is InChI=1S/C27H38N4O/c1-20(2)29-16-18-30(19-17-29)25-7-5-6-22(4)26(25)28-27(32)31-14-12-24(13-15-31)23-10-8-21(3)9-11-23/h5-11,20,24H,12-19H2,1-4H3,(H,28,32). The van der Waals surface area contributed by atoms with Gasteiger partial charge in [0.1, 0.15) is 0 Å². The van der Waals surface area contributed by atoms with Crippen molar-refractivity contribution in [3.63, 3.8) is 0 Å². The summed E-state index contributed by atoms with van der Waals surface area (Å²) in [6, 6.07) is 15.8. The zero-order chi connectivity index (χ0) is 22.7. The molecule has 2 heterocycles. The number of nitrogens with zero attached hydrogens (tertiary/aromatic N) is 3. The fourth-order valence-corrected chi connectivity index (χ4v) is 5.00. The molecule has 2 fully saturated rings. The van der Waals surface area contributed by atoms with Crippen LogP contribution < -0.4 is 10.2 Å². The Balaban J connectivity index is 1.39. The SMILES string of the molecule is Cc1ccc(C2CCN(C(=O)Nc3c(C)cccc3N3CCN(C(C)C)CC3)CC2)cc1. The molecule has 5 heteroatoms. The second kappa shape index (κ2) is 9.95. The van der Waals surface area contributed by atoms with Crippen molar-refractivity contribution in [2.75, 3.05) is 49.5 Å². The molecule has 2 saturated heterocycles. The van der Waals surface area contributed by atoms with Crippen molar-refractivity contribution in [2.45, 2.75) is 52.5 Å². The highest BCUT2D eigenvalue weighted by molar-refractivity contribution is 5.94. The van der Waals surface area contributed by atoms with E-state index in [0.29, 0.717) is 12.0 Å². The number of likely N-dealkylation sites (tertiary alicyclic amines) is 1. The number of amides is 2. The first kappa shape index (κ1) is 22.7. The van der Waals surface area contributed by atoms with E-state index in [2.05, 4.69) is 85.3 Å². The van der Waals surface area contributed by atoms with Gasteiger partial charge in [0, 0.05) is 45.3 Å². The molecule has 32 heavy (non-hydrogen) atoms. The van der Waals surface area contributed by atoms with Gasteiger partial charge in [-0.2, -0.15) is 0 Å². The van der Waals surface area contributed by atoms with Gasteiger partial charge >= 0.3 is 6.03 Å². The molecule has 0 atom stereocenters. The van der Waals surface area contributed by atoms with Crippen LogP contribution in [0.4, 0.5) is 16.2 Å². The number of benzene rings is 2. The van der Waals surface area contributed by atoms with Gasteiger partial charge in [0.25, 0.3) is 0 Å². The Bertz CT molecular complexity index is 908. The molecule has 0 saturated carbocycles. The van der Waals surface area contributed by atoms with Crippen LogP contribution in [0.2, 0.25) is 0 Å². The summed E-state index contributed by atoms with van der Waals surface area (Å²) in [5.74, 6) is 0.547. The lowest BCUT2D eigenvalue weighted by atomic mass is 9.89. The molecule has 2 aliphatic rings. The Morgan fingerprint density at radius 3 is 2.19 bits per heavy atom. The summed E-state index contributed by atoms with van der Waals surface area (Å²) < 4.78 is 0. The maximum Gasteiger partial charge on any atom is 0.321 e. The maximum atomic E-state index is 13.2. The van der Waals surface area contributed by atoms with Crippen molar-refractivity contribution in [3.8, 4) is 0 Å². The van der Waals surface area contributed by atoms with E-state index in [0.717, 1.165) is 69.0 Å². The quantitative estimate of drug-likeness (QED) is 0.715. The number of anilines is 2. The van der Waals surface area contributed by atoms with Crippen LogP contribution in [0.5, 0.6) is 0 Å². The lowest BCUT2D eigenvalue weighted by Gasteiger charge is -2.39. The van der Waals surface area contributed by atoms with Crippen LogP contribution in [-0.4, -0.2) is 61.1 Å². The minimum atomic E-state index is 0.0312. The van der Waals surface area contributed by atoms with Crippen molar-refractivity contribution in [1.29, 1.82) is 0 Å². The molecule has 0 spiro atoms. The highest BCUT2D eigenvalue weighted by Gasteiger charge is 2.26. The molecule has 0 aliphatic carbocycles. The molecular weight excluding hydrogens is 396 g/mol. The number of rotatable bonds is 4. The van der Waals surface area contributed by atoms with Gasteiger partial charge in [-0.3, -0.25) is 4.90 Å². The average molecular weight is 435 g/mol. The summed E-state index contributed by atoms with van der Waals surface area (Å²) in [5, 5.41) is 3.27. The molecule has 1 N–H and O–H groups in total. The van der Waals surface area contributed by atoms with E-state index in [9.17, 15) is 4.79 Å². The van der Waals surface area contributed by atoms with Crippen LogP contribution in [-0.2, 0) is 0 Å². The molecule has 0 unspecified atom stereocenters. The van der Waals surface area contributed by atoms with Crippen molar-refractivity contribution >= 4 is 17.4 Å². The van der Waals surface area contributed by atoms with Gasteiger partial charge < -0.3 is 15.1 Å². The monoisotopic (exact) mass is 434 g/mol. The molecule has 0 aromatic heterocycles. The number of urea groups is 1. The third-order valence-electron chi connectivity index (χ3n) is 7.20. The predicted octanol–water partition coefficient (Wildman–Crippen LogP) is 5.25. The minimum absolute atomic E-state index is 0.0312. The Morgan fingerprint density at radius 1 is 0.906 bits per heavy atom. The van der Waals surface area contributed by atoms with E-state index in [1.54, 1.807) is 0 Å². The second-order valence-electron chi connectivity index (χ2n) is 9.69. The first-order valence-electron chi connectivity index (χ1n) is 12.1. The Hall–Kier alpha value is -2.53. The largest absolute Gasteiger partial charge is 0.367 e. The van der Waals surface area contributed by atoms with Gasteiger partial charge in [-0.05, 0) is 63.6 Å². The van der Waals surface area contributed by atoms with Gasteiger partial charge in [0.15, 0.2) is 0 Å². The van der Waals surface area contributed by atoms with Gasteiger partial charge in [0.05, 0.1) is 11.4 Å². The van der Waals surface area contributed by atoms with Gasteiger partial charge in [0.2, 0.25) is 0 Å². The third-order valence-corrected chi connectivity index (χ3v) is 7.20. The predicted molar refractivity (Wildman–Crippen MR) is 134 cm³/mol. The molecule has 0 radical (unpaired) electrons. The smallest absolute Gasteiger partial charge is 0.321 e.